The third kappa shape index (κ3) is 4.92. The molecule has 152 valence electrons. The molecule has 0 atom stereocenters. The molecule has 0 saturated heterocycles. The Hall–Kier alpha value is -3.47. The lowest BCUT2D eigenvalue weighted by atomic mass is 9.88. The van der Waals surface area contributed by atoms with Crippen LogP contribution >= 0.6 is 0 Å². The van der Waals surface area contributed by atoms with E-state index in [1.807, 2.05) is 36.4 Å². The molecule has 3 aromatic carbocycles. The summed E-state index contributed by atoms with van der Waals surface area (Å²) in [6.07, 6.45) is 7.01. The number of benzene rings is 3. The van der Waals surface area contributed by atoms with Crippen LogP contribution in [0.25, 0.3) is 10.8 Å². The second kappa shape index (κ2) is 9.35. The Labute approximate surface area is 176 Å². The number of hydrogen-bond acceptors (Lipinski definition) is 3. The first-order valence-corrected chi connectivity index (χ1v) is 10.4. The van der Waals surface area contributed by atoms with E-state index in [1.54, 1.807) is 30.5 Å². The third-order valence-corrected chi connectivity index (χ3v) is 5.54. The summed E-state index contributed by atoms with van der Waals surface area (Å²) >= 11 is 0. The highest BCUT2D eigenvalue weighted by Crippen LogP contribution is 2.25. The van der Waals surface area contributed by atoms with Gasteiger partial charge in [0.15, 0.2) is 0 Å². The largest absolute Gasteiger partial charge is 0.326 e. The molecule has 0 radical (unpaired) electrons. The van der Waals surface area contributed by atoms with Gasteiger partial charge in [0.2, 0.25) is 5.91 Å². The SMILES string of the molecule is O=C(N/N=C/c1ccc2ccccc2c1)c1ccc(NC(=O)C2CCCCC2)cc1. The highest BCUT2D eigenvalue weighted by atomic mass is 16.2. The molecule has 1 aliphatic carbocycles. The topological polar surface area (TPSA) is 70.6 Å². The summed E-state index contributed by atoms with van der Waals surface area (Å²) < 4.78 is 0. The van der Waals surface area contributed by atoms with Gasteiger partial charge in [-0.05, 0) is 59.5 Å². The van der Waals surface area contributed by atoms with E-state index in [-0.39, 0.29) is 17.7 Å². The van der Waals surface area contributed by atoms with Crippen LogP contribution in [0.15, 0.2) is 71.8 Å². The molecule has 0 aromatic heterocycles. The van der Waals surface area contributed by atoms with Gasteiger partial charge in [0, 0.05) is 17.2 Å². The zero-order valence-electron chi connectivity index (χ0n) is 16.8. The van der Waals surface area contributed by atoms with E-state index in [0.29, 0.717) is 11.3 Å². The first-order chi connectivity index (χ1) is 14.7. The van der Waals surface area contributed by atoms with Gasteiger partial charge in [-0.1, -0.05) is 55.7 Å². The summed E-state index contributed by atoms with van der Waals surface area (Å²) in [6, 6.07) is 21.0. The maximum Gasteiger partial charge on any atom is 0.271 e. The van der Waals surface area contributed by atoms with Crippen molar-refractivity contribution in [3.8, 4) is 0 Å². The first-order valence-electron chi connectivity index (χ1n) is 10.4. The second-order valence-electron chi connectivity index (χ2n) is 7.71. The lowest BCUT2D eigenvalue weighted by molar-refractivity contribution is -0.120. The summed E-state index contributed by atoms with van der Waals surface area (Å²) in [6.45, 7) is 0. The molecule has 0 spiro atoms. The molecule has 5 nitrogen and oxygen atoms in total. The molecule has 1 fully saturated rings. The number of carbonyl (C=O) groups is 2. The Morgan fingerprint density at radius 3 is 2.37 bits per heavy atom. The van der Waals surface area contributed by atoms with Crippen molar-refractivity contribution in [2.45, 2.75) is 32.1 Å². The number of nitrogens with zero attached hydrogens (tertiary/aromatic N) is 1. The lowest BCUT2D eigenvalue weighted by Gasteiger charge is -2.20. The van der Waals surface area contributed by atoms with Crippen molar-refractivity contribution in [2.24, 2.45) is 11.0 Å². The van der Waals surface area contributed by atoms with Gasteiger partial charge in [-0.15, -0.1) is 0 Å². The van der Waals surface area contributed by atoms with Crippen molar-refractivity contribution < 1.29 is 9.59 Å². The van der Waals surface area contributed by atoms with Gasteiger partial charge in [-0.2, -0.15) is 5.10 Å². The number of hydrazone groups is 1. The van der Waals surface area contributed by atoms with E-state index >= 15 is 0 Å². The van der Waals surface area contributed by atoms with Crippen LogP contribution in [0.5, 0.6) is 0 Å². The van der Waals surface area contributed by atoms with Crippen molar-refractivity contribution in [1.82, 2.24) is 5.43 Å². The third-order valence-electron chi connectivity index (χ3n) is 5.54. The molecule has 0 aliphatic heterocycles. The normalized spacial score (nSPS) is 14.7. The highest BCUT2D eigenvalue weighted by molar-refractivity contribution is 5.97. The standard InChI is InChI=1S/C25H25N3O2/c29-24(20-7-2-1-3-8-20)27-23-14-12-21(13-15-23)25(30)28-26-17-18-10-11-19-6-4-5-9-22(19)16-18/h4-6,9-17,20H,1-3,7-8H2,(H,27,29)(H,28,30)/b26-17+. The van der Waals surface area contributed by atoms with Crippen LogP contribution in [-0.2, 0) is 4.79 Å². The van der Waals surface area contributed by atoms with Crippen LogP contribution in [0.1, 0.15) is 48.0 Å². The molecule has 2 amide bonds. The van der Waals surface area contributed by atoms with Gasteiger partial charge in [-0.25, -0.2) is 5.43 Å². The van der Waals surface area contributed by atoms with Gasteiger partial charge >= 0.3 is 0 Å². The van der Waals surface area contributed by atoms with Gasteiger partial charge in [-0.3, -0.25) is 9.59 Å². The predicted octanol–water partition coefficient (Wildman–Crippen LogP) is 5.12. The quantitative estimate of drug-likeness (QED) is 0.462. The maximum atomic E-state index is 12.3. The summed E-state index contributed by atoms with van der Waals surface area (Å²) in [4.78, 5) is 24.7. The predicted molar refractivity (Wildman–Crippen MR) is 121 cm³/mol. The molecule has 3 aromatic rings. The van der Waals surface area contributed by atoms with Crippen molar-refractivity contribution in [2.75, 3.05) is 5.32 Å². The zero-order valence-corrected chi connectivity index (χ0v) is 16.8. The number of nitrogens with one attached hydrogen (secondary N) is 2. The highest BCUT2D eigenvalue weighted by Gasteiger charge is 2.21. The molecule has 30 heavy (non-hydrogen) atoms. The van der Waals surface area contributed by atoms with E-state index in [9.17, 15) is 9.59 Å². The number of anilines is 1. The fourth-order valence-electron chi connectivity index (χ4n) is 3.83. The second-order valence-corrected chi connectivity index (χ2v) is 7.71. The van der Waals surface area contributed by atoms with Crippen molar-refractivity contribution in [3.05, 3.63) is 77.9 Å². The monoisotopic (exact) mass is 399 g/mol. The van der Waals surface area contributed by atoms with Crippen LogP contribution in [0.2, 0.25) is 0 Å². The molecule has 4 rings (SSSR count). The molecule has 5 heteroatoms. The Morgan fingerprint density at radius 2 is 1.60 bits per heavy atom. The molecular formula is C25H25N3O2. The van der Waals surface area contributed by atoms with E-state index < -0.39 is 0 Å². The minimum Gasteiger partial charge on any atom is -0.326 e. The van der Waals surface area contributed by atoms with E-state index in [0.717, 1.165) is 42.0 Å². The molecule has 1 aliphatic rings. The van der Waals surface area contributed by atoms with Crippen LogP contribution < -0.4 is 10.7 Å². The molecule has 2 N–H and O–H groups in total. The minimum absolute atomic E-state index is 0.0758. The summed E-state index contributed by atoms with van der Waals surface area (Å²) in [5.41, 5.74) is 4.66. The lowest BCUT2D eigenvalue weighted by Crippen LogP contribution is -2.24. The Morgan fingerprint density at radius 1 is 0.867 bits per heavy atom. The summed E-state index contributed by atoms with van der Waals surface area (Å²) in [5, 5.41) is 9.30. The van der Waals surface area contributed by atoms with Crippen molar-refractivity contribution in [3.63, 3.8) is 0 Å². The van der Waals surface area contributed by atoms with E-state index in [4.69, 9.17) is 0 Å². The van der Waals surface area contributed by atoms with Gasteiger partial charge < -0.3 is 5.32 Å². The van der Waals surface area contributed by atoms with Crippen LogP contribution in [0.4, 0.5) is 5.69 Å². The fraction of sp³-hybridized carbons (Fsp3) is 0.240. The average molecular weight is 399 g/mol. The summed E-state index contributed by atoms with van der Waals surface area (Å²) in [7, 11) is 0. The zero-order chi connectivity index (χ0) is 20.8. The Balaban J connectivity index is 1.32. The van der Waals surface area contributed by atoms with Gasteiger partial charge in [0.25, 0.3) is 5.91 Å². The number of fused-ring (bicyclic) bond motifs is 1. The van der Waals surface area contributed by atoms with E-state index in [1.165, 1.54) is 6.42 Å². The Bertz CT molecular complexity index is 1070. The number of carbonyl (C=O) groups excluding carboxylic acids is 2. The van der Waals surface area contributed by atoms with Gasteiger partial charge in [0.05, 0.1) is 6.21 Å². The Kier molecular flexibility index (Phi) is 6.18. The first kappa shape index (κ1) is 19.8. The number of rotatable bonds is 5. The van der Waals surface area contributed by atoms with E-state index in [2.05, 4.69) is 21.9 Å². The van der Waals surface area contributed by atoms with Crippen molar-refractivity contribution in [1.29, 1.82) is 0 Å². The van der Waals surface area contributed by atoms with Crippen LogP contribution in [0.3, 0.4) is 0 Å². The molecule has 0 heterocycles. The van der Waals surface area contributed by atoms with Crippen LogP contribution in [-0.4, -0.2) is 18.0 Å². The van der Waals surface area contributed by atoms with Crippen LogP contribution in [0, 0.1) is 5.92 Å². The number of amides is 2. The van der Waals surface area contributed by atoms with Crippen molar-refractivity contribution >= 4 is 34.5 Å². The minimum atomic E-state index is -0.294. The fourth-order valence-corrected chi connectivity index (χ4v) is 3.83. The van der Waals surface area contributed by atoms with Gasteiger partial charge in [0.1, 0.15) is 0 Å². The molecular weight excluding hydrogens is 374 g/mol. The molecule has 0 unspecified atom stereocenters. The average Bonchev–Trinajstić information content (AvgIpc) is 2.80. The maximum absolute atomic E-state index is 12.3. The smallest absolute Gasteiger partial charge is 0.271 e. The molecule has 1 saturated carbocycles. The molecule has 0 bridgehead atoms. The number of hydrogen-bond donors (Lipinski definition) is 2. The summed E-state index contributed by atoms with van der Waals surface area (Å²) in [5.74, 6) is -0.116.